The highest BCUT2D eigenvalue weighted by atomic mass is 16.2. The lowest BCUT2D eigenvalue weighted by Crippen LogP contribution is -2.51. The van der Waals surface area contributed by atoms with Gasteiger partial charge < -0.3 is 10.6 Å². The Bertz CT molecular complexity index is 478. The van der Waals surface area contributed by atoms with Gasteiger partial charge in [0.15, 0.2) is 5.82 Å². The smallest absolute Gasteiger partial charge is 0.232 e. The molecule has 0 spiro atoms. The van der Waals surface area contributed by atoms with Crippen molar-refractivity contribution in [2.45, 2.75) is 40.2 Å². The summed E-state index contributed by atoms with van der Waals surface area (Å²) in [4.78, 5) is 16.6. The molecule has 0 fully saturated rings. The minimum absolute atomic E-state index is 0.0184. The van der Waals surface area contributed by atoms with Crippen LogP contribution in [0.15, 0.2) is 12.3 Å². The molecule has 0 bridgehead atoms. The first-order valence-corrected chi connectivity index (χ1v) is 5.81. The van der Waals surface area contributed by atoms with Gasteiger partial charge in [0, 0.05) is 11.7 Å². The number of aromatic nitrogens is 1. The third-order valence-electron chi connectivity index (χ3n) is 3.96. The molecular formula is C13H19N3O. The lowest BCUT2D eigenvalue weighted by Gasteiger charge is -2.38. The summed E-state index contributed by atoms with van der Waals surface area (Å²) in [5, 5.41) is 6.34. The quantitative estimate of drug-likeness (QED) is 0.724. The van der Waals surface area contributed by atoms with Crippen molar-refractivity contribution in [3.63, 3.8) is 0 Å². The van der Waals surface area contributed by atoms with Crippen LogP contribution in [0.4, 0.5) is 11.5 Å². The molecule has 1 aliphatic heterocycles. The molecule has 2 rings (SSSR count). The Morgan fingerprint density at radius 3 is 2.53 bits per heavy atom. The largest absolute Gasteiger partial charge is 0.362 e. The minimum Gasteiger partial charge on any atom is -0.362 e. The van der Waals surface area contributed by atoms with Crippen molar-refractivity contribution in [1.82, 2.24) is 4.98 Å². The lowest BCUT2D eigenvalue weighted by atomic mass is 9.74. The van der Waals surface area contributed by atoms with E-state index in [4.69, 9.17) is 0 Å². The predicted octanol–water partition coefficient (Wildman–Crippen LogP) is 2.56. The molecule has 4 nitrogen and oxygen atoms in total. The normalized spacial score (nSPS) is 20.9. The van der Waals surface area contributed by atoms with Gasteiger partial charge in [0.25, 0.3) is 0 Å². The molecule has 0 aromatic carbocycles. The van der Waals surface area contributed by atoms with E-state index in [1.54, 1.807) is 6.20 Å². The average Bonchev–Trinajstić information content (AvgIpc) is 2.27. The van der Waals surface area contributed by atoms with Crippen LogP contribution in [0.1, 0.15) is 33.3 Å². The van der Waals surface area contributed by atoms with Crippen LogP contribution in [0.2, 0.25) is 0 Å². The van der Waals surface area contributed by atoms with Gasteiger partial charge >= 0.3 is 0 Å². The van der Waals surface area contributed by atoms with Crippen LogP contribution in [-0.4, -0.2) is 16.4 Å². The number of amides is 1. The molecule has 0 aliphatic carbocycles. The number of nitrogens with one attached hydrogen (secondary N) is 2. The highest BCUT2D eigenvalue weighted by Gasteiger charge is 2.46. The summed E-state index contributed by atoms with van der Waals surface area (Å²) < 4.78 is 0. The third-order valence-corrected chi connectivity index (χ3v) is 3.96. The van der Waals surface area contributed by atoms with Gasteiger partial charge in [0.05, 0.1) is 11.1 Å². The summed E-state index contributed by atoms with van der Waals surface area (Å²) in [6, 6.07) is 1.89. The van der Waals surface area contributed by atoms with Crippen LogP contribution < -0.4 is 10.6 Å². The first kappa shape index (κ1) is 11.9. The molecule has 2 N–H and O–H groups in total. The molecule has 92 valence electrons. The third kappa shape index (κ3) is 1.68. The van der Waals surface area contributed by atoms with Crippen LogP contribution in [0.3, 0.4) is 0 Å². The van der Waals surface area contributed by atoms with Gasteiger partial charge in [0.1, 0.15) is 0 Å². The van der Waals surface area contributed by atoms with Crippen LogP contribution in [0.5, 0.6) is 0 Å². The Morgan fingerprint density at radius 2 is 1.88 bits per heavy atom. The fourth-order valence-electron chi connectivity index (χ4n) is 1.82. The number of anilines is 2. The standard InChI is InChI=1S/C13H19N3O/c1-8-6-7-14-10-9(8)15-11(17)12(2,3)13(4,5)16-10/h6-7H,1-5H3,(H,14,16)(H,15,17). The van der Waals surface area contributed by atoms with Crippen molar-refractivity contribution in [3.8, 4) is 0 Å². The van der Waals surface area contributed by atoms with E-state index < -0.39 is 5.41 Å². The summed E-state index contributed by atoms with van der Waals surface area (Å²) in [5.74, 6) is 0.763. The number of hydrogen-bond acceptors (Lipinski definition) is 3. The number of nitrogens with zero attached hydrogens (tertiary/aromatic N) is 1. The Morgan fingerprint density at radius 1 is 1.24 bits per heavy atom. The monoisotopic (exact) mass is 233 g/mol. The van der Waals surface area contributed by atoms with Gasteiger partial charge in [-0.15, -0.1) is 0 Å². The summed E-state index contributed by atoms with van der Waals surface area (Å²) >= 11 is 0. The van der Waals surface area contributed by atoms with Crippen molar-refractivity contribution >= 4 is 17.4 Å². The molecule has 1 aromatic rings. The zero-order chi connectivity index (χ0) is 12.8. The van der Waals surface area contributed by atoms with Crippen molar-refractivity contribution < 1.29 is 4.79 Å². The summed E-state index contributed by atoms with van der Waals surface area (Å²) in [6.45, 7) is 9.89. The van der Waals surface area contributed by atoms with Crippen molar-refractivity contribution in [1.29, 1.82) is 0 Å². The fraction of sp³-hybridized carbons (Fsp3) is 0.538. The van der Waals surface area contributed by atoms with E-state index >= 15 is 0 Å². The number of fused-ring (bicyclic) bond motifs is 1. The van der Waals surface area contributed by atoms with Crippen molar-refractivity contribution in [3.05, 3.63) is 17.8 Å². The average molecular weight is 233 g/mol. The van der Waals surface area contributed by atoms with Crippen LogP contribution in [0.25, 0.3) is 0 Å². The number of carbonyl (C=O) groups excluding carboxylic acids is 1. The highest BCUT2D eigenvalue weighted by molar-refractivity contribution is 6.00. The van der Waals surface area contributed by atoms with Gasteiger partial charge in [-0.1, -0.05) is 0 Å². The molecule has 1 aromatic heterocycles. The van der Waals surface area contributed by atoms with E-state index in [9.17, 15) is 4.79 Å². The van der Waals surface area contributed by atoms with Crippen molar-refractivity contribution in [2.75, 3.05) is 10.6 Å². The topological polar surface area (TPSA) is 54.0 Å². The second-order valence-electron chi connectivity index (χ2n) is 5.68. The van der Waals surface area contributed by atoms with E-state index in [0.29, 0.717) is 0 Å². The highest BCUT2D eigenvalue weighted by Crippen LogP contribution is 2.40. The zero-order valence-corrected chi connectivity index (χ0v) is 11.0. The van der Waals surface area contributed by atoms with Crippen LogP contribution in [0, 0.1) is 12.3 Å². The van der Waals surface area contributed by atoms with Gasteiger partial charge in [-0.25, -0.2) is 4.98 Å². The number of aryl methyl sites for hydroxylation is 1. The first-order chi connectivity index (χ1) is 7.75. The SMILES string of the molecule is Cc1ccnc2c1NC(=O)C(C)(C)C(C)(C)N2. The first-order valence-electron chi connectivity index (χ1n) is 5.81. The van der Waals surface area contributed by atoms with E-state index in [1.165, 1.54) is 0 Å². The Balaban J connectivity index is 2.59. The second-order valence-corrected chi connectivity index (χ2v) is 5.68. The van der Waals surface area contributed by atoms with Crippen molar-refractivity contribution in [2.24, 2.45) is 5.41 Å². The van der Waals surface area contributed by atoms with Gasteiger partial charge in [-0.2, -0.15) is 0 Å². The van der Waals surface area contributed by atoms with Crippen LogP contribution in [-0.2, 0) is 4.79 Å². The molecule has 0 saturated carbocycles. The van der Waals surface area contributed by atoms with Gasteiger partial charge in [-0.05, 0) is 46.2 Å². The summed E-state index contributed by atoms with van der Waals surface area (Å²) in [7, 11) is 0. The predicted molar refractivity (Wildman–Crippen MR) is 69.1 cm³/mol. The molecule has 0 unspecified atom stereocenters. The van der Waals surface area contributed by atoms with Gasteiger partial charge in [-0.3, -0.25) is 4.79 Å². The fourth-order valence-corrected chi connectivity index (χ4v) is 1.82. The molecule has 0 radical (unpaired) electrons. The maximum atomic E-state index is 12.3. The maximum Gasteiger partial charge on any atom is 0.232 e. The number of carbonyl (C=O) groups is 1. The maximum absolute atomic E-state index is 12.3. The lowest BCUT2D eigenvalue weighted by molar-refractivity contribution is -0.126. The molecule has 1 aliphatic rings. The molecular weight excluding hydrogens is 214 g/mol. The molecule has 1 amide bonds. The number of pyridine rings is 1. The minimum atomic E-state index is -0.514. The molecule has 0 atom stereocenters. The summed E-state index contributed by atoms with van der Waals surface area (Å²) in [6.07, 6.45) is 1.75. The Labute approximate surface area is 102 Å². The zero-order valence-electron chi connectivity index (χ0n) is 11.0. The number of rotatable bonds is 0. The number of hydrogen-bond donors (Lipinski definition) is 2. The van der Waals surface area contributed by atoms with E-state index in [1.807, 2.05) is 40.7 Å². The molecule has 0 saturated heterocycles. The Kier molecular flexibility index (Phi) is 2.42. The van der Waals surface area contributed by atoms with Gasteiger partial charge in [0.2, 0.25) is 5.91 Å². The molecule has 4 heteroatoms. The van der Waals surface area contributed by atoms with E-state index in [2.05, 4.69) is 15.6 Å². The second kappa shape index (κ2) is 3.45. The Hall–Kier alpha value is -1.58. The van der Waals surface area contributed by atoms with E-state index in [-0.39, 0.29) is 11.4 Å². The molecule has 17 heavy (non-hydrogen) atoms. The van der Waals surface area contributed by atoms with Crippen LogP contribution >= 0.6 is 0 Å². The molecule has 2 heterocycles. The van der Waals surface area contributed by atoms with E-state index in [0.717, 1.165) is 17.1 Å². The summed E-state index contributed by atoms with van der Waals surface area (Å²) in [5.41, 5.74) is 0.934.